The van der Waals surface area contributed by atoms with Gasteiger partial charge >= 0.3 is 0 Å². The van der Waals surface area contributed by atoms with Gasteiger partial charge in [0.15, 0.2) is 11.6 Å². The molecule has 0 amide bonds. The molecule has 116 valence electrons. The quantitative estimate of drug-likeness (QED) is 0.881. The van der Waals surface area contributed by atoms with E-state index in [-0.39, 0.29) is 23.1 Å². The second-order valence-electron chi connectivity index (χ2n) is 7.14. The third-order valence-electron chi connectivity index (χ3n) is 5.55. The molecule has 0 bridgehead atoms. The zero-order chi connectivity index (χ0) is 15.4. The van der Waals surface area contributed by atoms with Gasteiger partial charge in [-0.15, -0.1) is 0 Å². The molecule has 3 unspecified atom stereocenters. The van der Waals surface area contributed by atoms with Crippen molar-refractivity contribution in [2.24, 2.45) is 17.1 Å². The van der Waals surface area contributed by atoms with E-state index in [0.29, 0.717) is 12.0 Å². The van der Waals surface area contributed by atoms with Gasteiger partial charge in [-0.1, -0.05) is 26.3 Å². The number of nitrogens with two attached hydrogens (primary N) is 1. The smallest absolute Gasteiger partial charge is 0.165 e. The highest BCUT2D eigenvalue weighted by Gasteiger charge is 2.59. The fraction of sp³-hybridized carbons (Fsp3) is 0.647. The normalized spacial score (nSPS) is 34.0. The molecule has 2 aliphatic carbocycles. The van der Waals surface area contributed by atoms with E-state index in [4.69, 9.17) is 10.5 Å². The molecule has 21 heavy (non-hydrogen) atoms. The van der Waals surface area contributed by atoms with Gasteiger partial charge in [0.1, 0.15) is 5.60 Å². The minimum Gasteiger partial charge on any atom is -0.493 e. The highest BCUT2D eigenvalue weighted by molar-refractivity contribution is 5.51. The van der Waals surface area contributed by atoms with E-state index in [1.54, 1.807) is 6.07 Å². The van der Waals surface area contributed by atoms with Crippen LogP contribution in [0.1, 0.15) is 44.2 Å². The third kappa shape index (κ3) is 1.85. The van der Waals surface area contributed by atoms with Gasteiger partial charge in [0.05, 0.1) is 7.11 Å². The summed E-state index contributed by atoms with van der Waals surface area (Å²) in [6.07, 6.45) is 3.51. The first-order valence-corrected chi connectivity index (χ1v) is 7.66. The SMILES string of the molecule is COc1c(F)ccc2c1C(O)(C1CCCC1N)C(C)(C)C2. The fourth-order valence-corrected chi connectivity index (χ4v) is 4.51. The van der Waals surface area contributed by atoms with E-state index in [9.17, 15) is 9.50 Å². The molecule has 0 heterocycles. The second kappa shape index (κ2) is 4.68. The maximum atomic E-state index is 14.2. The summed E-state index contributed by atoms with van der Waals surface area (Å²) in [6.45, 7) is 4.07. The lowest BCUT2D eigenvalue weighted by Crippen LogP contribution is -2.50. The number of aliphatic hydroxyl groups is 1. The molecule has 3 N–H and O–H groups in total. The Hall–Kier alpha value is -1.13. The van der Waals surface area contributed by atoms with Gasteiger partial charge in [0.25, 0.3) is 0 Å². The molecule has 1 aromatic rings. The Balaban J connectivity index is 2.23. The minimum absolute atomic E-state index is 0.0480. The van der Waals surface area contributed by atoms with Crippen LogP contribution < -0.4 is 10.5 Å². The maximum absolute atomic E-state index is 14.2. The Morgan fingerprint density at radius 2 is 2.05 bits per heavy atom. The minimum atomic E-state index is -1.13. The number of rotatable bonds is 2. The molecule has 4 heteroatoms. The highest BCUT2D eigenvalue weighted by atomic mass is 19.1. The summed E-state index contributed by atoms with van der Waals surface area (Å²) >= 11 is 0. The molecule has 1 saturated carbocycles. The molecule has 3 nitrogen and oxygen atoms in total. The zero-order valence-corrected chi connectivity index (χ0v) is 12.9. The molecule has 3 rings (SSSR count). The van der Waals surface area contributed by atoms with E-state index < -0.39 is 11.4 Å². The van der Waals surface area contributed by atoms with Crippen LogP contribution in [-0.2, 0) is 12.0 Å². The topological polar surface area (TPSA) is 55.5 Å². The molecule has 3 atom stereocenters. The predicted octanol–water partition coefficient (Wildman–Crippen LogP) is 2.73. The Kier molecular flexibility index (Phi) is 3.30. The van der Waals surface area contributed by atoms with E-state index >= 15 is 0 Å². The van der Waals surface area contributed by atoms with Crippen LogP contribution in [0, 0.1) is 17.2 Å². The Morgan fingerprint density at radius 1 is 1.33 bits per heavy atom. The average Bonchev–Trinajstić information content (AvgIpc) is 2.92. The van der Waals surface area contributed by atoms with Crippen molar-refractivity contribution in [2.75, 3.05) is 7.11 Å². The van der Waals surface area contributed by atoms with Crippen molar-refractivity contribution in [2.45, 2.75) is 51.2 Å². The molecule has 1 fully saturated rings. The average molecular weight is 293 g/mol. The van der Waals surface area contributed by atoms with Crippen LogP contribution in [0.5, 0.6) is 5.75 Å². The zero-order valence-electron chi connectivity index (χ0n) is 12.9. The van der Waals surface area contributed by atoms with Crippen molar-refractivity contribution < 1.29 is 14.2 Å². The molecule has 0 aromatic heterocycles. The van der Waals surface area contributed by atoms with Crippen molar-refractivity contribution >= 4 is 0 Å². The summed E-state index contributed by atoms with van der Waals surface area (Å²) in [7, 11) is 1.46. The fourth-order valence-electron chi connectivity index (χ4n) is 4.51. The molecule has 1 aromatic carbocycles. The maximum Gasteiger partial charge on any atom is 0.165 e. The van der Waals surface area contributed by atoms with Gasteiger partial charge in [0, 0.05) is 22.9 Å². The molecule has 0 saturated heterocycles. The number of hydrogen-bond donors (Lipinski definition) is 2. The van der Waals surface area contributed by atoms with Crippen LogP contribution >= 0.6 is 0 Å². The lowest BCUT2D eigenvalue weighted by Gasteiger charge is -2.44. The van der Waals surface area contributed by atoms with Gasteiger partial charge in [-0.2, -0.15) is 0 Å². The molecular weight excluding hydrogens is 269 g/mol. The van der Waals surface area contributed by atoms with Crippen LogP contribution in [0.25, 0.3) is 0 Å². The van der Waals surface area contributed by atoms with Crippen molar-refractivity contribution in [1.82, 2.24) is 0 Å². The predicted molar refractivity (Wildman–Crippen MR) is 79.7 cm³/mol. The highest BCUT2D eigenvalue weighted by Crippen LogP contribution is 2.59. The van der Waals surface area contributed by atoms with Crippen LogP contribution in [0.2, 0.25) is 0 Å². The van der Waals surface area contributed by atoms with Crippen molar-refractivity contribution in [3.8, 4) is 5.75 Å². The van der Waals surface area contributed by atoms with Gasteiger partial charge < -0.3 is 15.6 Å². The first kappa shape index (κ1) is 14.8. The lowest BCUT2D eigenvalue weighted by molar-refractivity contribution is -0.111. The standard InChI is InChI=1S/C17H24FNO2/c1-16(2)9-10-7-8-12(18)15(21-3)14(10)17(16,20)11-5-4-6-13(11)19/h7-8,11,13,20H,4-6,9,19H2,1-3H3. The summed E-state index contributed by atoms with van der Waals surface area (Å²) in [5.74, 6) is -0.289. The van der Waals surface area contributed by atoms with E-state index in [0.717, 1.165) is 24.8 Å². The summed E-state index contributed by atoms with van der Waals surface area (Å²) in [5.41, 5.74) is 6.33. The molecular formula is C17H24FNO2. The summed E-state index contributed by atoms with van der Waals surface area (Å²) in [6, 6.07) is 3.15. The number of ether oxygens (including phenoxy) is 1. The number of methoxy groups -OCH3 is 1. The number of benzene rings is 1. The van der Waals surface area contributed by atoms with E-state index in [1.807, 2.05) is 13.8 Å². The van der Waals surface area contributed by atoms with Crippen molar-refractivity contribution in [3.05, 3.63) is 29.1 Å². The summed E-state index contributed by atoms with van der Waals surface area (Å²) in [4.78, 5) is 0. The van der Waals surface area contributed by atoms with Gasteiger partial charge in [0.2, 0.25) is 0 Å². The number of fused-ring (bicyclic) bond motifs is 1. The van der Waals surface area contributed by atoms with Crippen molar-refractivity contribution in [1.29, 1.82) is 0 Å². The second-order valence-corrected chi connectivity index (χ2v) is 7.14. The number of halogens is 1. The molecule has 0 spiro atoms. The van der Waals surface area contributed by atoms with Crippen LogP contribution in [0.3, 0.4) is 0 Å². The lowest BCUT2D eigenvalue weighted by atomic mass is 9.66. The van der Waals surface area contributed by atoms with Crippen LogP contribution in [0.15, 0.2) is 12.1 Å². The summed E-state index contributed by atoms with van der Waals surface area (Å²) < 4.78 is 19.5. The van der Waals surface area contributed by atoms with Crippen LogP contribution in [0.4, 0.5) is 4.39 Å². The monoisotopic (exact) mass is 293 g/mol. The Bertz CT molecular complexity index is 572. The third-order valence-corrected chi connectivity index (χ3v) is 5.55. The Morgan fingerprint density at radius 3 is 2.62 bits per heavy atom. The largest absolute Gasteiger partial charge is 0.493 e. The first-order chi connectivity index (χ1) is 9.83. The van der Waals surface area contributed by atoms with Gasteiger partial charge in [-0.25, -0.2) is 4.39 Å². The Labute approximate surface area is 125 Å². The molecule has 2 aliphatic rings. The molecule has 0 radical (unpaired) electrons. The number of hydrogen-bond acceptors (Lipinski definition) is 3. The van der Waals surface area contributed by atoms with Crippen molar-refractivity contribution in [3.63, 3.8) is 0 Å². The van der Waals surface area contributed by atoms with E-state index in [2.05, 4.69) is 0 Å². The van der Waals surface area contributed by atoms with Crippen LogP contribution in [-0.4, -0.2) is 18.3 Å². The summed E-state index contributed by atoms with van der Waals surface area (Å²) in [5, 5.41) is 11.7. The first-order valence-electron chi connectivity index (χ1n) is 7.66. The van der Waals surface area contributed by atoms with Gasteiger partial charge in [-0.05, 0) is 30.9 Å². The van der Waals surface area contributed by atoms with E-state index in [1.165, 1.54) is 13.2 Å². The van der Waals surface area contributed by atoms with Gasteiger partial charge in [-0.3, -0.25) is 0 Å². The molecule has 0 aliphatic heterocycles.